The molecular weight excluding hydrogens is 386 g/mol. The zero-order valence-electron chi connectivity index (χ0n) is 15.8. The van der Waals surface area contributed by atoms with E-state index in [4.69, 9.17) is 21.1 Å². The summed E-state index contributed by atoms with van der Waals surface area (Å²) in [7, 11) is 0. The van der Waals surface area contributed by atoms with E-state index in [0.717, 1.165) is 22.3 Å². The summed E-state index contributed by atoms with van der Waals surface area (Å²) in [4.78, 5) is 16.6. The summed E-state index contributed by atoms with van der Waals surface area (Å²) in [6.07, 6.45) is 1.69. The van der Waals surface area contributed by atoms with Crippen LogP contribution >= 0.6 is 11.6 Å². The van der Waals surface area contributed by atoms with Gasteiger partial charge in [0.2, 0.25) is 5.90 Å². The first kappa shape index (κ1) is 19.0. The maximum atomic E-state index is 12.2. The molecule has 0 aliphatic carbocycles. The van der Waals surface area contributed by atoms with Crippen molar-refractivity contribution in [1.82, 2.24) is 0 Å². The van der Waals surface area contributed by atoms with E-state index in [2.05, 4.69) is 4.99 Å². The Kier molecular flexibility index (Phi) is 5.45. The van der Waals surface area contributed by atoms with Crippen LogP contribution in [0.5, 0.6) is 5.75 Å². The zero-order chi connectivity index (χ0) is 20.2. The molecule has 0 amide bonds. The SMILES string of the molecule is Cc1ccc(C2=N/C(=C/c3cccc(OCc4ccc(Cl)cc4)c3)C(=O)O2)cc1. The third kappa shape index (κ3) is 4.73. The predicted octanol–water partition coefficient (Wildman–Crippen LogP) is 5.57. The van der Waals surface area contributed by atoms with Gasteiger partial charge in [-0.15, -0.1) is 0 Å². The van der Waals surface area contributed by atoms with Crippen LogP contribution < -0.4 is 4.74 Å². The Balaban J connectivity index is 1.50. The van der Waals surface area contributed by atoms with Gasteiger partial charge in [0.05, 0.1) is 0 Å². The van der Waals surface area contributed by atoms with Gasteiger partial charge in [0.1, 0.15) is 12.4 Å². The fourth-order valence-corrected chi connectivity index (χ4v) is 2.95. The second-order valence-electron chi connectivity index (χ2n) is 6.69. The van der Waals surface area contributed by atoms with Crippen molar-refractivity contribution in [1.29, 1.82) is 0 Å². The molecule has 3 aromatic rings. The maximum absolute atomic E-state index is 12.2. The molecule has 1 aliphatic heterocycles. The van der Waals surface area contributed by atoms with Crippen LogP contribution in [-0.2, 0) is 16.1 Å². The Labute approximate surface area is 174 Å². The molecule has 0 atom stereocenters. The molecule has 0 unspecified atom stereocenters. The van der Waals surface area contributed by atoms with Crippen LogP contribution in [-0.4, -0.2) is 11.9 Å². The molecule has 5 heteroatoms. The Morgan fingerprint density at radius 1 is 1.03 bits per heavy atom. The van der Waals surface area contributed by atoms with Crippen molar-refractivity contribution in [2.45, 2.75) is 13.5 Å². The predicted molar refractivity (Wildman–Crippen MR) is 114 cm³/mol. The number of ether oxygens (including phenoxy) is 2. The van der Waals surface area contributed by atoms with Gasteiger partial charge in [0.25, 0.3) is 0 Å². The number of hydrogen-bond acceptors (Lipinski definition) is 4. The van der Waals surface area contributed by atoms with Crippen LogP contribution in [0.15, 0.2) is 83.5 Å². The molecule has 0 saturated carbocycles. The van der Waals surface area contributed by atoms with Crippen molar-refractivity contribution in [2.24, 2.45) is 4.99 Å². The number of carbonyl (C=O) groups is 1. The van der Waals surface area contributed by atoms with Gasteiger partial charge in [-0.1, -0.05) is 53.6 Å². The Hall–Kier alpha value is -3.37. The smallest absolute Gasteiger partial charge is 0.363 e. The van der Waals surface area contributed by atoms with Crippen molar-refractivity contribution in [3.63, 3.8) is 0 Å². The molecule has 144 valence electrons. The minimum Gasteiger partial charge on any atom is -0.489 e. The van der Waals surface area contributed by atoms with Crippen molar-refractivity contribution < 1.29 is 14.3 Å². The van der Waals surface area contributed by atoms with Crippen LogP contribution in [0.2, 0.25) is 5.02 Å². The minimum atomic E-state index is -0.465. The molecule has 4 rings (SSSR count). The first-order valence-electron chi connectivity index (χ1n) is 9.14. The molecule has 3 aromatic carbocycles. The van der Waals surface area contributed by atoms with E-state index < -0.39 is 5.97 Å². The highest BCUT2D eigenvalue weighted by atomic mass is 35.5. The normalized spacial score (nSPS) is 14.6. The van der Waals surface area contributed by atoms with Crippen molar-refractivity contribution in [2.75, 3.05) is 0 Å². The highest BCUT2D eigenvalue weighted by Gasteiger charge is 2.24. The number of nitrogens with zero attached hydrogens (tertiary/aromatic N) is 1. The van der Waals surface area contributed by atoms with Gasteiger partial charge >= 0.3 is 5.97 Å². The molecule has 29 heavy (non-hydrogen) atoms. The van der Waals surface area contributed by atoms with Crippen molar-refractivity contribution >= 4 is 29.5 Å². The number of aryl methyl sites for hydroxylation is 1. The molecule has 0 spiro atoms. The van der Waals surface area contributed by atoms with Gasteiger partial charge in [-0.25, -0.2) is 9.79 Å². The lowest BCUT2D eigenvalue weighted by Crippen LogP contribution is -2.05. The lowest BCUT2D eigenvalue weighted by Gasteiger charge is -2.07. The number of hydrogen-bond donors (Lipinski definition) is 0. The monoisotopic (exact) mass is 403 g/mol. The number of esters is 1. The van der Waals surface area contributed by atoms with Gasteiger partial charge in [-0.3, -0.25) is 0 Å². The number of cyclic esters (lactones) is 1. The Bertz CT molecular complexity index is 1100. The fraction of sp³-hybridized carbons (Fsp3) is 0.0833. The lowest BCUT2D eigenvalue weighted by atomic mass is 10.1. The van der Waals surface area contributed by atoms with E-state index in [1.54, 1.807) is 6.08 Å². The molecule has 0 fully saturated rings. The van der Waals surface area contributed by atoms with E-state index in [1.165, 1.54) is 0 Å². The quantitative estimate of drug-likeness (QED) is 0.413. The van der Waals surface area contributed by atoms with E-state index in [1.807, 2.05) is 79.7 Å². The van der Waals surface area contributed by atoms with E-state index in [0.29, 0.717) is 23.3 Å². The van der Waals surface area contributed by atoms with E-state index in [9.17, 15) is 4.79 Å². The molecule has 1 heterocycles. The zero-order valence-corrected chi connectivity index (χ0v) is 16.5. The summed E-state index contributed by atoms with van der Waals surface area (Å²) < 4.78 is 11.2. The molecule has 0 radical (unpaired) electrons. The largest absolute Gasteiger partial charge is 0.489 e. The number of halogens is 1. The summed E-state index contributed by atoms with van der Waals surface area (Å²) in [6.45, 7) is 2.43. The minimum absolute atomic E-state index is 0.260. The van der Waals surface area contributed by atoms with Gasteiger partial charge in [-0.2, -0.15) is 0 Å². The summed E-state index contributed by atoms with van der Waals surface area (Å²) in [5, 5.41) is 0.691. The summed E-state index contributed by atoms with van der Waals surface area (Å²) in [5.74, 6) is 0.549. The third-order valence-corrected chi connectivity index (χ3v) is 4.65. The molecule has 0 saturated heterocycles. The van der Waals surface area contributed by atoms with Crippen molar-refractivity contribution in [3.8, 4) is 5.75 Å². The number of carbonyl (C=O) groups excluding carboxylic acids is 1. The average molecular weight is 404 g/mol. The van der Waals surface area contributed by atoms with Gasteiger partial charge in [0, 0.05) is 10.6 Å². The van der Waals surface area contributed by atoms with Crippen LogP contribution in [0, 0.1) is 6.92 Å². The van der Waals surface area contributed by atoms with E-state index >= 15 is 0 Å². The van der Waals surface area contributed by atoms with Gasteiger partial charge < -0.3 is 9.47 Å². The standard InChI is InChI=1S/C24H18ClNO3/c1-16-5-9-19(10-6-16)23-26-22(24(27)29-23)14-18-3-2-4-21(13-18)28-15-17-7-11-20(25)12-8-17/h2-14H,15H2,1H3/b22-14+. The topological polar surface area (TPSA) is 47.9 Å². The van der Waals surface area contributed by atoms with Crippen LogP contribution in [0.3, 0.4) is 0 Å². The average Bonchev–Trinajstić information content (AvgIpc) is 3.09. The lowest BCUT2D eigenvalue weighted by molar-refractivity contribution is -0.129. The van der Waals surface area contributed by atoms with E-state index in [-0.39, 0.29) is 5.70 Å². The summed E-state index contributed by atoms with van der Waals surface area (Å²) >= 11 is 5.90. The van der Waals surface area contributed by atoms with Crippen molar-refractivity contribution in [3.05, 3.63) is 106 Å². The third-order valence-electron chi connectivity index (χ3n) is 4.40. The molecule has 0 N–H and O–H groups in total. The highest BCUT2D eigenvalue weighted by molar-refractivity contribution is 6.30. The van der Waals surface area contributed by atoms with Gasteiger partial charge in [-0.05, 0) is 60.5 Å². The first-order chi connectivity index (χ1) is 14.1. The summed E-state index contributed by atoms with van der Waals surface area (Å²) in [5.41, 5.74) is 3.98. The second kappa shape index (κ2) is 8.33. The van der Waals surface area contributed by atoms with Crippen LogP contribution in [0.1, 0.15) is 22.3 Å². The molecule has 4 nitrogen and oxygen atoms in total. The van der Waals surface area contributed by atoms with Crippen LogP contribution in [0.25, 0.3) is 6.08 Å². The molecule has 0 aromatic heterocycles. The number of benzene rings is 3. The number of aliphatic imine (C=N–C) groups is 1. The second-order valence-corrected chi connectivity index (χ2v) is 7.13. The Morgan fingerprint density at radius 2 is 1.79 bits per heavy atom. The Morgan fingerprint density at radius 3 is 2.55 bits per heavy atom. The van der Waals surface area contributed by atoms with Gasteiger partial charge in [0.15, 0.2) is 5.70 Å². The molecule has 0 bridgehead atoms. The molecule has 1 aliphatic rings. The first-order valence-corrected chi connectivity index (χ1v) is 9.51. The highest BCUT2D eigenvalue weighted by Crippen LogP contribution is 2.22. The fourth-order valence-electron chi connectivity index (χ4n) is 2.83. The molecular formula is C24H18ClNO3. The maximum Gasteiger partial charge on any atom is 0.363 e. The van der Waals surface area contributed by atoms with Crippen LogP contribution in [0.4, 0.5) is 0 Å². The summed E-state index contributed by atoms with van der Waals surface area (Å²) in [6, 6.07) is 22.7. The number of rotatable bonds is 5.